The minimum Gasteiger partial charge on any atom is -0.392 e. The third kappa shape index (κ3) is 4.62. The molecule has 1 amide bonds. The molecule has 1 aromatic carbocycles. The van der Waals surface area contributed by atoms with Crippen LogP contribution >= 0.6 is 11.8 Å². The Morgan fingerprint density at radius 1 is 1.39 bits per heavy atom. The number of aliphatic hydroxyl groups is 1. The number of nitrogens with one attached hydrogen (secondary N) is 1. The van der Waals surface area contributed by atoms with Crippen molar-refractivity contribution in [3.8, 4) is 0 Å². The van der Waals surface area contributed by atoms with Crippen LogP contribution in [0.4, 0.5) is 14.5 Å². The van der Waals surface area contributed by atoms with Crippen LogP contribution in [0.1, 0.15) is 13.8 Å². The van der Waals surface area contributed by atoms with Gasteiger partial charge in [0.25, 0.3) is 0 Å². The van der Waals surface area contributed by atoms with E-state index >= 15 is 0 Å². The molecule has 0 aliphatic rings. The van der Waals surface area contributed by atoms with Crippen LogP contribution < -0.4 is 5.32 Å². The first kappa shape index (κ1) is 14.9. The van der Waals surface area contributed by atoms with Gasteiger partial charge in [-0.3, -0.25) is 4.79 Å². The summed E-state index contributed by atoms with van der Waals surface area (Å²) >= 11 is 1.29. The maximum absolute atomic E-state index is 12.9. The van der Waals surface area contributed by atoms with Crippen molar-refractivity contribution >= 4 is 23.4 Å². The smallest absolute Gasteiger partial charge is 0.234 e. The summed E-state index contributed by atoms with van der Waals surface area (Å²) in [5.41, 5.74) is 0.212. The van der Waals surface area contributed by atoms with Gasteiger partial charge >= 0.3 is 0 Å². The Labute approximate surface area is 109 Å². The van der Waals surface area contributed by atoms with Gasteiger partial charge in [0, 0.05) is 17.0 Å². The number of benzene rings is 1. The number of rotatable bonds is 5. The summed E-state index contributed by atoms with van der Waals surface area (Å²) in [6, 6.07) is 3.17. The van der Waals surface area contributed by atoms with Gasteiger partial charge in [-0.1, -0.05) is 6.92 Å². The number of thioether (sulfide) groups is 1. The number of amides is 1. The Morgan fingerprint density at radius 2 is 2.06 bits per heavy atom. The van der Waals surface area contributed by atoms with Crippen molar-refractivity contribution in [2.45, 2.75) is 25.2 Å². The third-order valence-corrected chi connectivity index (χ3v) is 3.71. The van der Waals surface area contributed by atoms with Crippen molar-refractivity contribution in [2.24, 2.45) is 0 Å². The van der Waals surface area contributed by atoms with E-state index in [9.17, 15) is 18.7 Å². The van der Waals surface area contributed by atoms with Crippen LogP contribution in [0.5, 0.6) is 0 Å². The number of hydrogen-bond acceptors (Lipinski definition) is 3. The van der Waals surface area contributed by atoms with E-state index in [1.807, 2.05) is 0 Å². The third-order valence-electron chi connectivity index (χ3n) is 2.36. The van der Waals surface area contributed by atoms with Gasteiger partial charge in [0.15, 0.2) is 11.6 Å². The summed E-state index contributed by atoms with van der Waals surface area (Å²) in [5, 5.41) is 11.6. The molecule has 0 fully saturated rings. The summed E-state index contributed by atoms with van der Waals surface area (Å²) in [7, 11) is 0. The summed E-state index contributed by atoms with van der Waals surface area (Å²) in [4.78, 5) is 11.5. The molecule has 0 saturated heterocycles. The zero-order chi connectivity index (χ0) is 13.7. The lowest BCUT2D eigenvalue weighted by atomic mass is 10.3. The second-order valence-electron chi connectivity index (χ2n) is 3.93. The van der Waals surface area contributed by atoms with E-state index in [1.54, 1.807) is 13.8 Å². The number of aliphatic hydroxyl groups excluding tert-OH is 1. The standard InChI is InChI=1S/C12H15F2NO2S/c1-7(16)8(2)18-6-12(17)15-9-3-4-10(13)11(14)5-9/h3-5,7-8,16H,6H2,1-2H3,(H,15,17). The fourth-order valence-corrected chi connectivity index (χ4v) is 1.88. The Morgan fingerprint density at radius 3 is 2.61 bits per heavy atom. The molecule has 0 aromatic heterocycles. The number of carbonyl (C=O) groups excluding carboxylic acids is 1. The molecule has 0 spiro atoms. The van der Waals surface area contributed by atoms with Crippen LogP contribution in [0.2, 0.25) is 0 Å². The maximum atomic E-state index is 12.9. The highest BCUT2D eigenvalue weighted by Crippen LogP contribution is 2.16. The molecule has 0 aliphatic carbocycles. The molecule has 2 N–H and O–H groups in total. The quantitative estimate of drug-likeness (QED) is 0.867. The van der Waals surface area contributed by atoms with Gasteiger partial charge in [-0.2, -0.15) is 0 Å². The number of halogens is 2. The number of anilines is 1. The maximum Gasteiger partial charge on any atom is 0.234 e. The molecule has 1 aromatic rings. The van der Waals surface area contributed by atoms with Crippen LogP contribution in [-0.4, -0.2) is 28.1 Å². The molecule has 3 nitrogen and oxygen atoms in total. The lowest BCUT2D eigenvalue weighted by molar-refractivity contribution is -0.113. The minimum atomic E-state index is -1.00. The molecule has 18 heavy (non-hydrogen) atoms. The average Bonchev–Trinajstić information content (AvgIpc) is 2.30. The topological polar surface area (TPSA) is 49.3 Å². The van der Waals surface area contributed by atoms with E-state index < -0.39 is 17.7 Å². The largest absolute Gasteiger partial charge is 0.392 e. The Bertz CT molecular complexity index is 427. The zero-order valence-electron chi connectivity index (χ0n) is 10.1. The van der Waals surface area contributed by atoms with Gasteiger partial charge in [-0.15, -0.1) is 11.8 Å². The minimum absolute atomic E-state index is 0.0688. The van der Waals surface area contributed by atoms with E-state index in [1.165, 1.54) is 17.8 Å². The van der Waals surface area contributed by atoms with Gasteiger partial charge in [0.05, 0.1) is 11.9 Å². The fourth-order valence-electron chi connectivity index (χ4n) is 1.12. The van der Waals surface area contributed by atoms with Crippen molar-refractivity contribution in [1.82, 2.24) is 0 Å². The molecular weight excluding hydrogens is 260 g/mol. The van der Waals surface area contributed by atoms with E-state index in [2.05, 4.69) is 5.32 Å². The van der Waals surface area contributed by atoms with Crippen LogP contribution in [-0.2, 0) is 4.79 Å². The van der Waals surface area contributed by atoms with Crippen LogP contribution in [0.15, 0.2) is 18.2 Å². The highest BCUT2D eigenvalue weighted by molar-refractivity contribution is 8.00. The number of carbonyl (C=O) groups is 1. The van der Waals surface area contributed by atoms with Crippen LogP contribution in [0.3, 0.4) is 0 Å². The number of hydrogen-bond donors (Lipinski definition) is 2. The van der Waals surface area contributed by atoms with E-state index in [0.29, 0.717) is 0 Å². The van der Waals surface area contributed by atoms with Crippen molar-refractivity contribution < 1.29 is 18.7 Å². The predicted molar refractivity (Wildman–Crippen MR) is 68.6 cm³/mol. The SMILES string of the molecule is CC(O)C(C)SCC(=O)Nc1ccc(F)c(F)c1. The molecule has 0 bridgehead atoms. The van der Waals surface area contributed by atoms with Gasteiger partial charge in [-0.25, -0.2) is 8.78 Å². The molecule has 2 unspecified atom stereocenters. The average molecular weight is 275 g/mol. The first-order chi connectivity index (χ1) is 8.40. The Hall–Kier alpha value is -1.14. The summed E-state index contributed by atoms with van der Waals surface area (Å²) in [5.74, 6) is -2.13. The summed E-state index contributed by atoms with van der Waals surface area (Å²) in [6.45, 7) is 3.45. The van der Waals surface area contributed by atoms with Gasteiger partial charge in [-0.05, 0) is 19.1 Å². The van der Waals surface area contributed by atoms with Crippen LogP contribution in [0, 0.1) is 11.6 Å². The first-order valence-electron chi connectivity index (χ1n) is 5.44. The lowest BCUT2D eigenvalue weighted by Crippen LogP contribution is -2.20. The summed E-state index contributed by atoms with van der Waals surface area (Å²) < 4.78 is 25.5. The highest BCUT2D eigenvalue weighted by Gasteiger charge is 2.12. The molecule has 100 valence electrons. The Kier molecular flexibility index (Phi) is 5.55. The predicted octanol–water partition coefficient (Wildman–Crippen LogP) is 2.41. The molecule has 0 radical (unpaired) electrons. The zero-order valence-corrected chi connectivity index (χ0v) is 10.9. The molecular formula is C12H15F2NO2S. The van der Waals surface area contributed by atoms with Gasteiger partial charge in [0.2, 0.25) is 5.91 Å². The first-order valence-corrected chi connectivity index (χ1v) is 6.49. The normalized spacial score (nSPS) is 14.1. The molecule has 2 atom stereocenters. The second kappa shape index (κ2) is 6.70. The van der Waals surface area contributed by atoms with Crippen molar-refractivity contribution in [3.63, 3.8) is 0 Å². The molecule has 6 heteroatoms. The molecule has 0 heterocycles. The highest BCUT2D eigenvalue weighted by atomic mass is 32.2. The molecule has 0 saturated carbocycles. The van der Waals surface area contributed by atoms with E-state index in [0.717, 1.165) is 12.1 Å². The monoisotopic (exact) mass is 275 g/mol. The fraction of sp³-hybridized carbons (Fsp3) is 0.417. The Balaban J connectivity index is 2.47. The van der Waals surface area contributed by atoms with E-state index in [-0.39, 0.29) is 22.6 Å². The summed E-state index contributed by atoms with van der Waals surface area (Å²) in [6.07, 6.45) is -0.508. The van der Waals surface area contributed by atoms with Crippen LogP contribution in [0.25, 0.3) is 0 Å². The van der Waals surface area contributed by atoms with Crippen molar-refractivity contribution in [3.05, 3.63) is 29.8 Å². The van der Waals surface area contributed by atoms with Gasteiger partial charge in [0.1, 0.15) is 0 Å². The lowest BCUT2D eigenvalue weighted by Gasteiger charge is -2.13. The molecule has 1 rings (SSSR count). The van der Waals surface area contributed by atoms with Crippen molar-refractivity contribution in [1.29, 1.82) is 0 Å². The molecule has 0 aliphatic heterocycles. The van der Waals surface area contributed by atoms with Crippen molar-refractivity contribution in [2.75, 3.05) is 11.1 Å². The van der Waals surface area contributed by atoms with E-state index in [4.69, 9.17) is 0 Å². The second-order valence-corrected chi connectivity index (χ2v) is 5.30. The van der Waals surface area contributed by atoms with Gasteiger partial charge < -0.3 is 10.4 Å².